The maximum Gasteiger partial charge on any atom is 0.143 e. The highest BCUT2D eigenvalue weighted by atomic mass is 16.3. The van der Waals surface area contributed by atoms with E-state index in [0.717, 1.165) is 50.1 Å². The molecule has 0 unspecified atom stereocenters. The van der Waals surface area contributed by atoms with E-state index in [-0.39, 0.29) is 0 Å². The summed E-state index contributed by atoms with van der Waals surface area (Å²) in [6.45, 7) is 0. The molecule has 2 heteroatoms. The fraction of sp³-hybridized carbons (Fsp3) is 0.0169. The third-order valence-corrected chi connectivity index (χ3v) is 13.3. The van der Waals surface area contributed by atoms with Gasteiger partial charge in [-0.05, 0) is 121 Å². The van der Waals surface area contributed by atoms with Gasteiger partial charge in [-0.3, -0.25) is 0 Å². The Morgan fingerprint density at radius 1 is 0.328 bits per heavy atom. The van der Waals surface area contributed by atoms with Gasteiger partial charge in [0.05, 0.1) is 5.41 Å². The summed E-state index contributed by atoms with van der Waals surface area (Å²) in [5.41, 5.74) is 19.7. The molecule has 0 aliphatic heterocycles. The molecule has 0 radical (unpaired) electrons. The van der Waals surface area contributed by atoms with E-state index >= 15 is 0 Å². The van der Waals surface area contributed by atoms with Crippen molar-refractivity contribution in [1.29, 1.82) is 0 Å². The summed E-state index contributed by atoms with van der Waals surface area (Å²) in [5, 5.41) is 4.57. The van der Waals surface area contributed by atoms with Crippen LogP contribution in [0.3, 0.4) is 0 Å². The molecular weight excluding hydrogens is 739 g/mol. The SMILES string of the molecule is c1ccc(-c2ccc(N(c3ccc4c(c3)C3(c5ccccc5-c5ccccc53)c3ccccc3-4)c3ccc4oc5c(-c6ccccc6)c6ccccc6cc5c4c3)cc2)cc1. The zero-order chi connectivity index (χ0) is 40.1. The van der Waals surface area contributed by atoms with Crippen LogP contribution >= 0.6 is 0 Å². The fourth-order valence-electron chi connectivity index (χ4n) is 10.7. The van der Waals surface area contributed by atoms with Gasteiger partial charge in [-0.25, -0.2) is 0 Å². The van der Waals surface area contributed by atoms with Crippen LogP contribution in [-0.4, -0.2) is 0 Å². The zero-order valence-electron chi connectivity index (χ0n) is 33.2. The monoisotopic (exact) mass is 775 g/mol. The minimum absolute atomic E-state index is 0.447. The molecule has 2 aliphatic carbocycles. The summed E-state index contributed by atoms with van der Waals surface area (Å²) in [4.78, 5) is 2.43. The van der Waals surface area contributed by atoms with Crippen LogP contribution in [0.2, 0.25) is 0 Å². The van der Waals surface area contributed by atoms with Gasteiger partial charge >= 0.3 is 0 Å². The van der Waals surface area contributed by atoms with Crippen molar-refractivity contribution in [2.75, 3.05) is 4.90 Å². The van der Waals surface area contributed by atoms with Gasteiger partial charge in [-0.15, -0.1) is 0 Å². The molecular formula is C59H37NO. The Hall–Kier alpha value is -7.94. The molecule has 1 spiro atoms. The summed E-state index contributed by atoms with van der Waals surface area (Å²) in [6.07, 6.45) is 0. The van der Waals surface area contributed by atoms with Gasteiger partial charge in [0, 0.05) is 33.4 Å². The molecule has 2 nitrogen and oxygen atoms in total. The highest BCUT2D eigenvalue weighted by Gasteiger charge is 2.51. The zero-order valence-corrected chi connectivity index (χ0v) is 33.2. The number of furan rings is 1. The smallest absolute Gasteiger partial charge is 0.143 e. The Morgan fingerprint density at radius 2 is 0.836 bits per heavy atom. The van der Waals surface area contributed by atoms with Gasteiger partial charge in [0.15, 0.2) is 0 Å². The highest BCUT2D eigenvalue weighted by molar-refractivity contribution is 6.19. The van der Waals surface area contributed by atoms with E-state index < -0.39 is 5.41 Å². The molecule has 0 bridgehead atoms. The van der Waals surface area contributed by atoms with Gasteiger partial charge in [-0.1, -0.05) is 176 Å². The van der Waals surface area contributed by atoms with Crippen LogP contribution in [0.1, 0.15) is 22.3 Å². The van der Waals surface area contributed by atoms with Crippen molar-refractivity contribution in [2.24, 2.45) is 0 Å². The molecule has 0 saturated carbocycles. The van der Waals surface area contributed by atoms with Crippen molar-refractivity contribution in [2.45, 2.75) is 5.41 Å². The summed E-state index contributed by atoms with van der Waals surface area (Å²) >= 11 is 0. The minimum atomic E-state index is -0.447. The van der Waals surface area contributed by atoms with Crippen LogP contribution in [0.25, 0.3) is 77.2 Å². The van der Waals surface area contributed by atoms with Crippen molar-refractivity contribution >= 4 is 49.8 Å². The average molecular weight is 776 g/mol. The summed E-state index contributed by atoms with van der Waals surface area (Å²) in [7, 11) is 0. The van der Waals surface area contributed by atoms with E-state index in [1.165, 1.54) is 66.4 Å². The first-order valence-corrected chi connectivity index (χ1v) is 21.1. The lowest BCUT2D eigenvalue weighted by Crippen LogP contribution is -2.26. The third-order valence-electron chi connectivity index (χ3n) is 13.3. The molecule has 61 heavy (non-hydrogen) atoms. The van der Waals surface area contributed by atoms with E-state index in [0.29, 0.717) is 0 Å². The molecule has 0 fully saturated rings. The number of hydrogen-bond donors (Lipinski definition) is 0. The molecule has 10 aromatic carbocycles. The average Bonchev–Trinajstić information content (AvgIpc) is 3.95. The molecule has 0 N–H and O–H groups in total. The highest BCUT2D eigenvalue weighted by Crippen LogP contribution is 2.63. The van der Waals surface area contributed by atoms with E-state index in [4.69, 9.17) is 4.42 Å². The summed E-state index contributed by atoms with van der Waals surface area (Å²) in [5.74, 6) is 0. The summed E-state index contributed by atoms with van der Waals surface area (Å²) in [6, 6.07) is 82.2. The van der Waals surface area contributed by atoms with Crippen LogP contribution in [0.15, 0.2) is 229 Å². The fourth-order valence-corrected chi connectivity index (χ4v) is 10.7. The largest absolute Gasteiger partial charge is 0.455 e. The van der Waals surface area contributed by atoms with Gasteiger partial charge in [0.25, 0.3) is 0 Å². The predicted molar refractivity (Wildman–Crippen MR) is 253 cm³/mol. The lowest BCUT2D eigenvalue weighted by Gasteiger charge is -2.32. The van der Waals surface area contributed by atoms with Crippen LogP contribution in [0.5, 0.6) is 0 Å². The second-order valence-corrected chi connectivity index (χ2v) is 16.4. The number of hydrogen-bond acceptors (Lipinski definition) is 2. The van der Waals surface area contributed by atoms with Gasteiger partial charge in [0.1, 0.15) is 11.2 Å². The third kappa shape index (κ3) is 4.85. The lowest BCUT2D eigenvalue weighted by atomic mass is 9.70. The molecule has 284 valence electrons. The van der Waals surface area contributed by atoms with Gasteiger partial charge in [0.2, 0.25) is 0 Å². The van der Waals surface area contributed by atoms with E-state index in [9.17, 15) is 0 Å². The van der Waals surface area contributed by atoms with Crippen molar-refractivity contribution in [3.05, 3.63) is 247 Å². The van der Waals surface area contributed by atoms with Crippen LogP contribution < -0.4 is 4.90 Å². The summed E-state index contributed by atoms with van der Waals surface area (Å²) < 4.78 is 6.86. The van der Waals surface area contributed by atoms with E-state index in [1.807, 2.05) is 0 Å². The van der Waals surface area contributed by atoms with E-state index in [2.05, 4.69) is 229 Å². The quantitative estimate of drug-likeness (QED) is 0.173. The molecule has 13 rings (SSSR count). The van der Waals surface area contributed by atoms with E-state index in [1.54, 1.807) is 0 Å². The number of anilines is 3. The molecule has 0 atom stereocenters. The second kappa shape index (κ2) is 13.0. The van der Waals surface area contributed by atoms with Crippen molar-refractivity contribution in [3.63, 3.8) is 0 Å². The predicted octanol–water partition coefficient (Wildman–Crippen LogP) is 15.9. The Kier molecular flexibility index (Phi) is 7.26. The second-order valence-electron chi connectivity index (χ2n) is 16.4. The Morgan fingerprint density at radius 3 is 1.51 bits per heavy atom. The first kappa shape index (κ1) is 34.0. The minimum Gasteiger partial charge on any atom is -0.455 e. The molecule has 0 saturated heterocycles. The standard InChI is InChI=1S/C59H37NO/c1-3-15-38(16-4-1)39-27-29-42(30-28-39)60(43-32-34-56-50(36-43)51-35-41-19-7-8-20-45(41)57(58(51)61-56)40-17-5-2-6-18-40)44-31-33-49-48-23-11-14-26-54(48)59(55(49)37-44)52-24-12-9-21-46(52)47-22-10-13-25-53(47)59/h1-37H. The van der Waals surface area contributed by atoms with Crippen molar-refractivity contribution < 1.29 is 4.42 Å². The normalized spacial score (nSPS) is 13.0. The van der Waals surface area contributed by atoms with Crippen molar-refractivity contribution in [1.82, 2.24) is 0 Å². The molecule has 2 aliphatic rings. The first-order valence-electron chi connectivity index (χ1n) is 21.1. The van der Waals surface area contributed by atoms with Crippen LogP contribution in [0, 0.1) is 0 Å². The number of fused-ring (bicyclic) bond motifs is 14. The lowest BCUT2D eigenvalue weighted by molar-refractivity contribution is 0.670. The maximum absolute atomic E-state index is 6.86. The Balaban J connectivity index is 1.06. The molecule has 1 heterocycles. The molecule has 0 amide bonds. The topological polar surface area (TPSA) is 16.4 Å². The van der Waals surface area contributed by atoms with Crippen LogP contribution in [0.4, 0.5) is 17.1 Å². The molecule has 1 aromatic heterocycles. The first-order chi connectivity index (χ1) is 30.3. The number of rotatable bonds is 5. The van der Waals surface area contributed by atoms with Crippen molar-refractivity contribution in [3.8, 4) is 44.5 Å². The number of nitrogens with zero attached hydrogens (tertiary/aromatic N) is 1. The van der Waals surface area contributed by atoms with Gasteiger partial charge in [-0.2, -0.15) is 0 Å². The van der Waals surface area contributed by atoms with Crippen LogP contribution in [-0.2, 0) is 5.41 Å². The maximum atomic E-state index is 6.86. The Labute approximate surface area is 354 Å². The molecule has 11 aromatic rings. The van der Waals surface area contributed by atoms with Gasteiger partial charge < -0.3 is 9.32 Å². The number of benzene rings is 10. The Bertz CT molecular complexity index is 3460.